The molecule has 0 aliphatic rings. The number of ether oxygens (including phenoxy) is 2. The average Bonchev–Trinajstić information content (AvgIpc) is 3.08. The van der Waals surface area contributed by atoms with Crippen LogP contribution in [-0.2, 0) is 4.74 Å². The van der Waals surface area contributed by atoms with E-state index in [1.54, 1.807) is 20.2 Å². The van der Waals surface area contributed by atoms with Crippen LogP contribution in [0.25, 0.3) is 22.4 Å². The maximum atomic E-state index is 12.4. The van der Waals surface area contributed by atoms with Gasteiger partial charge in [-0.15, -0.1) is 0 Å². The molecular weight excluding hydrogens is 316 g/mol. The lowest BCUT2D eigenvalue weighted by Crippen LogP contribution is -2.07. The number of nitrogens with one attached hydrogen (secondary N) is 1. The number of pyridine rings is 1. The van der Waals surface area contributed by atoms with E-state index in [2.05, 4.69) is 9.97 Å². The van der Waals surface area contributed by atoms with Crippen molar-refractivity contribution >= 4 is 5.97 Å². The van der Waals surface area contributed by atoms with Crippen LogP contribution in [-0.4, -0.2) is 29.7 Å². The van der Waals surface area contributed by atoms with Gasteiger partial charge >= 0.3 is 5.97 Å². The van der Waals surface area contributed by atoms with Crippen molar-refractivity contribution in [2.75, 3.05) is 13.7 Å². The fourth-order valence-electron chi connectivity index (χ4n) is 2.90. The van der Waals surface area contributed by atoms with Crippen LogP contribution in [0.2, 0.25) is 0 Å². The number of rotatable bonds is 5. The molecule has 3 aromatic rings. The van der Waals surface area contributed by atoms with Crippen LogP contribution in [0.4, 0.5) is 0 Å². The van der Waals surface area contributed by atoms with Gasteiger partial charge in [0.25, 0.3) is 0 Å². The smallest absolute Gasteiger partial charge is 0.355 e. The van der Waals surface area contributed by atoms with Gasteiger partial charge in [-0.2, -0.15) is 0 Å². The Morgan fingerprint density at radius 3 is 2.68 bits per heavy atom. The molecule has 0 radical (unpaired) electrons. The third-order valence-electron chi connectivity index (χ3n) is 4.07. The minimum atomic E-state index is -0.394. The second-order valence-electron chi connectivity index (χ2n) is 5.52. The summed E-state index contributed by atoms with van der Waals surface area (Å²) in [5.41, 5.74) is 4.71. The molecule has 5 nitrogen and oxygen atoms in total. The van der Waals surface area contributed by atoms with Crippen molar-refractivity contribution in [3.63, 3.8) is 0 Å². The molecule has 2 heterocycles. The molecule has 1 aromatic carbocycles. The summed E-state index contributed by atoms with van der Waals surface area (Å²) in [5, 5.41) is 0. The molecule has 0 saturated heterocycles. The van der Waals surface area contributed by atoms with Crippen molar-refractivity contribution in [2.24, 2.45) is 0 Å². The summed E-state index contributed by atoms with van der Waals surface area (Å²) < 4.78 is 10.6. The Morgan fingerprint density at radius 1 is 1.16 bits per heavy atom. The largest absolute Gasteiger partial charge is 0.496 e. The zero-order valence-electron chi connectivity index (χ0n) is 14.5. The summed E-state index contributed by atoms with van der Waals surface area (Å²) in [6.45, 7) is 4.09. The SMILES string of the molecule is CCOC(=O)c1[nH]cc(-c2cccc(OC)c2C)c1-c1ccccn1. The predicted octanol–water partition coefficient (Wildman–Crippen LogP) is 4.24. The molecule has 0 amide bonds. The van der Waals surface area contributed by atoms with E-state index < -0.39 is 5.97 Å². The molecule has 0 unspecified atom stereocenters. The first-order valence-electron chi connectivity index (χ1n) is 8.11. The minimum absolute atomic E-state index is 0.313. The van der Waals surface area contributed by atoms with Crippen LogP contribution in [0.15, 0.2) is 48.8 Å². The van der Waals surface area contributed by atoms with E-state index >= 15 is 0 Å². The van der Waals surface area contributed by atoms with Crippen LogP contribution in [0.1, 0.15) is 23.0 Å². The number of aromatic nitrogens is 2. The Balaban J connectivity index is 2.23. The normalized spacial score (nSPS) is 10.5. The number of carbonyl (C=O) groups is 1. The standard InChI is InChI=1S/C20H20N2O3/c1-4-25-20(23)19-18(16-9-5-6-11-21-16)15(12-22-19)14-8-7-10-17(24-3)13(14)2/h5-12,22H,4H2,1-3H3. The second kappa shape index (κ2) is 7.21. The Morgan fingerprint density at radius 2 is 2.00 bits per heavy atom. The Bertz CT molecular complexity index is 885. The third kappa shape index (κ3) is 3.13. The van der Waals surface area contributed by atoms with Crippen LogP contribution >= 0.6 is 0 Å². The van der Waals surface area contributed by atoms with E-state index in [1.807, 2.05) is 49.5 Å². The van der Waals surface area contributed by atoms with Gasteiger partial charge in [-0.05, 0) is 43.2 Å². The summed E-state index contributed by atoms with van der Waals surface area (Å²) in [5.74, 6) is 0.401. The number of hydrogen-bond donors (Lipinski definition) is 1. The Kier molecular flexibility index (Phi) is 4.84. The molecule has 0 bridgehead atoms. The Labute approximate surface area is 146 Å². The highest BCUT2D eigenvalue weighted by Crippen LogP contribution is 2.38. The fourth-order valence-corrected chi connectivity index (χ4v) is 2.90. The number of carbonyl (C=O) groups excluding carboxylic acids is 1. The highest BCUT2D eigenvalue weighted by atomic mass is 16.5. The average molecular weight is 336 g/mol. The summed E-state index contributed by atoms with van der Waals surface area (Å²) in [7, 11) is 1.65. The summed E-state index contributed by atoms with van der Waals surface area (Å²) >= 11 is 0. The van der Waals surface area contributed by atoms with Gasteiger partial charge in [0.1, 0.15) is 11.4 Å². The first kappa shape index (κ1) is 16.8. The maximum absolute atomic E-state index is 12.4. The molecule has 0 saturated carbocycles. The number of esters is 1. The summed E-state index contributed by atoms with van der Waals surface area (Å²) in [6, 6.07) is 11.5. The number of benzene rings is 1. The lowest BCUT2D eigenvalue weighted by molar-refractivity contribution is 0.0521. The van der Waals surface area contributed by atoms with E-state index in [-0.39, 0.29) is 0 Å². The van der Waals surface area contributed by atoms with E-state index in [4.69, 9.17) is 9.47 Å². The third-order valence-corrected chi connectivity index (χ3v) is 4.07. The Hall–Kier alpha value is -3.08. The van der Waals surface area contributed by atoms with Crippen molar-refractivity contribution in [1.29, 1.82) is 0 Å². The molecule has 0 aliphatic heterocycles. The van der Waals surface area contributed by atoms with Gasteiger partial charge in [0, 0.05) is 23.5 Å². The molecule has 1 N–H and O–H groups in total. The maximum Gasteiger partial charge on any atom is 0.355 e. The molecular formula is C20H20N2O3. The molecule has 2 aromatic heterocycles. The molecule has 128 valence electrons. The lowest BCUT2D eigenvalue weighted by Gasteiger charge is -2.12. The van der Waals surface area contributed by atoms with Crippen molar-refractivity contribution in [1.82, 2.24) is 9.97 Å². The van der Waals surface area contributed by atoms with Crippen molar-refractivity contribution < 1.29 is 14.3 Å². The molecule has 3 rings (SSSR count). The lowest BCUT2D eigenvalue weighted by atomic mass is 9.96. The quantitative estimate of drug-likeness (QED) is 0.708. The second-order valence-corrected chi connectivity index (χ2v) is 5.52. The van der Waals surface area contributed by atoms with E-state index in [9.17, 15) is 4.79 Å². The van der Waals surface area contributed by atoms with Gasteiger partial charge in [-0.1, -0.05) is 18.2 Å². The zero-order valence-corrected chi connectivity index (χ0v) is 14.5. The van der Waals surface area contributed by atoms with Crippen molar-refractivity contribution in [2.45, 2.75) is 13.8 Å². The minimum Gasteiger partial charge on any atom is -0.496 e. The van der Waals surface area contributed by atoms with Crippen molar-refractivity contribution in [3.8, 4) is 28.1 Å². The highest BCUT2D eigenvalue weighted by molar-refractivity contribution is 6.00. The number of methoxy groups -OCH3 is 1. The monoisotopic (exact) mass is 336 g/mol. The van der Waals surface area contributed by atoms with E-state index in [0.29, 0.717) is 18.0 Å². The fraction of sp³-hybridized carbons (Fsp3) is 0.200. The van der Waals surface area contributed by atoms with Crippen LogP contribution < -0.4 is 4.74 Å². The summed E-state index contributed by atoms with van der Waals surface area (Å²) in [6.07, 6.45) is 3.53. The van der Waals surface area contributed by atoms with Gasteiger partial charge in [0.2, 0.25) is 0 Å². The first-order chi connectivity index (χ1) is 12.2. The van der Waals surface area contributed by atoms with Crippen molar-refractivity contribution in [3.05, 3.63) is 60.0 Å². The zero-order chi connectivity index (χ0) is 17.8. The van der Waals surface area contributed by atoms with Gasteiger partial charge in [-0.25, -0.2) is 4.79 Å². The molecule has 0 aliphatic carbocycles. The van der Waals surface area contributed by atoms with Gasteiger partial charge in [0.05, 0.1) is 19.4 Å². The van der Waals surface area contributed by atoms with Gasteiger partial charge in [0.15, 0.2) is 0 Å². The van der Waals surface area contributed by atoms with Crippen LogP contribution in [0.5, 0.6) is 5.75 Å². The van der Waals surface area contributed by atoms with Crippen LogP contribution in [0.3, 0.4) is 0 Å². The van der Waals surface area contributed by atoms with Gasteiger partial charge in [-0.3, -0.25) is 4.98 Å². The van der Waals surface area contributed by atoms with E-state index in [1.165, 1.54) is 0 Å². The van der Waals surface area contributed by atoms with E-state index in [0.717, 1.165) is 28.0 Å². The van der Waals surface area contributed by atoms with Crippen LogP contribution in [0, 0.1) is 6.92 Å². The highest BCUT2D eigenvalue weighted by Gasteiger charge is 2.23. The molecule has 5 heteroatoms. The predicted molar refractivity (Wildman–Crippen MR) is 96.7 cm³/mol. The summed E-state index contributed by atoms with van der Waals surface area (Å²) in [4.78, 5) is 19.9. The van der Waals surface area contributed by atoms with Gasteiger partial charge < -0.3 is 14.5 Å². The number of aromatic amines is 1. The topological polar surface area (TPSA) is 64.2 Å². The number of H-pyrrole nitrogens is 1. The molecule has 0 spiro atoms. The molecule has 0 atom stereocenters. The molecule has 25 heavy (non-hydrogen) atoms. The number of nitrogens with zero attached hydrogens (tertiary/aromatic N) is 1. The number of hydrogen-bond acceptors (Lipinski definition) is 4. The first-order valence-corrected chi connectivity index (χ1v) is 8.11. The molecule has 0 fully saturated rings.